The summed E-state index contributed by atoms with van der Waals surface area (Å²) in [5.41, 5.74) is 0.711. The predicted octanol–water partition coefficient (Wildman–Crippen LogP) is 2.46. The maximum absolute atomic E-state index is 9.64. The van der Waals surface area contributed by atoms with Gasteiger partial charge >= 0.3 is 0 Å². The van der Waals surface area contributed by atoms with Gasteiger partial charge in [-0.1, -0.05) is 21.1 Å². The predicted molar refractivity (Wildman–Crippen MR) is 63.4 cm³/mol. The molecule has 2 aromatic rings. The lowest BCUT2D eigenvalue weighted by atomic mass is 10.1. The second-order valence-corrected chi connectivity index (χ2v) is 4.41. The number of hydrogen-bond acceptors (Lipinski definition) is 5. The standard InChI is InChI=1S/C11H11BrN2O3/c1-7(15)9-4-8(12)2-3-10(9)16-5-11-13-6-17-14-11/h2-4,6-7,15H,5H2,1H3. The molecule has 0 aliphatic rings. The van der Waals surface area contributed by atoms with E-state index < -0.39 is 6.10 Å². The third-order valence-electron chi connectivity index (χ3n) is 2.19. The fraction of sp³-hybridized carbons (Fsp3) is 0.273. The molecule has 1 aromatic heterocycles. The van der Waals surface area contributed by atoms with Crippen LogP contribution in [0.1, 0.15) is 24.4 Å². The zero-order chi connectivity index (χ0) is 12.3. The summed E-state index contributed by atoms with van der Waals surface area (Å²) >= 11 is 3.35. The molecule has 0 saturated heterocycles. The van der Waals surface area contributed by atoms with Gasteiger partial charge in [0.05, 0.1) is 6.10 Å². The van der Waals surface area contributed by atoms with Gasteiger partial charge in [0.2, 0.25) is 12.2 Å². The molecular formula is C11H11BrN2O3. The first-order chi connectivity index (χ1) is 8.16. The molecular weight excluding hydrogens is 288 g/mol. The topological polar surface area (TPSA) is 68.4 Å². The van der Waals surface area contributed by atoms with E-state index >= 15 is 0 Å². The van der Waals surface area contributed by atoms with Crippen molar-refractivity contribution in [2.45, 2.75) is 19.6 Å². The van der Waals surface area contributed by atoms with Gasteiger partial charge in [0.1, 0.15) is 5.75 Å². The molecule has 0 aliphatic heterocycles. The van der Waals surface area contributed by atoms with Crippen LogP contribution in [0.3, 0.4) is 0 Å². The first kappa shape index (κ1) is 12.1. The van der Waals surface area contributed by atoms with Crippen LogP contribution in [0, 0.1) is 0 Å². The minimum absolute atomic E-state index is 0.206. The number of rotatable bonds is 4. The van der Waals surface area contributed by atoms with Gasteiger partial charge < -0.3 is 14.4 Å². The number of halogens is 1. The molecule has 1 heterocycles. The molecule has 1 atom stereocenters. The van der Waals surface area contributed by atoms with Gasteiger partial charge in [-0.3, -0.25) is 0 Å². The Balaban J connectivity index is 2.14. The number of aromatic nitrogens is 2. The largest absolute Gasteiger partial charge is 0.485 e. The molecule has 5 nitrogen and oxygen atoms in total. The van der Waals surface area contributed by atoms with Gasteiger partial charge in [0.25, 0.3) is 0 Å². The minimum atomic E-state index is -0.604. The molecule has 0 fully saturated rings. The fourth-order valence-electron chi connectivity index (χ4n) is 1.38. The third kappa shape index (κ3) is 3.04. The van der Waals surface area contributed by atoms with Crippen molar-refractivity contribution < 1.29 is 14.4 Å². The highest BCUT2D eigenvalue weighted by atomic mass is 79.9. The van der Waals surface area contributed by atoms with E-state index in [1.165, 1.54) is 6.39 Å². The average Bonchev–Trinajstić information content (AvgIpc) is 2.80. The van der Waals surface area contributed by atoms with Crippen molar-refractivity contribution in [3.05, 3.63) is 40.5 Å². The van der Waals surface area contributed by atoms with Crippen molar-refractivity contribution >= 4 is 15.9 Å². The number of benzene rings is 1. The molecule has 90 valence electrons. The summed E-state index contributed by atoms with van der Waals surface area (Å²) in [5, 5.41) is 13.3. The van der Waals surface area contributed by atoms with E-state index in [-0.39, 0.29) is 6.61 Å². The SMILES string of the molecule is CC(O)c1cc(Br)ccc1OCc1ncon1. The van der Waals surface area contributed by atoms with Crippen LogP contribution in [0.5, 0.6) is 5.75 Å². The van der Waals surface area contributed by atoms with Crippen LogP contribution in [-0.2, 0) is 6.61 Å². The van der Waals surface area contributed by atoms with Crippen LogP contribution in [0.2, 0.25) is 0 Å². The smallest absolute Gasteiger partial charge is 0.213 e. The Morgan fingerprint density at radius 2 is 2.35 bits per heavy atom. The molecule has 1 aromatic carbocycles. The molecule has 0 bridgehead atoms. The maximum Gasteiger partial charge on any atom is 0.213 e. The molecule has 6 heteroatoms. The van der Waals surface area contributed by atoms with Crippen LogP contribution in [0.25, 0.3) is 0 Å². The second-order valence-electron chi connectivity index (χ2n) is 3.49. The van der Waals surface area contributed by atoms with Gasteiger partial charge in [-0.25, -0.2) is 0 Å². The van der Waals surface area contributed by atoms with Crippen molar-refractivity contribution in [1.29, 1.82) is 0 Å². The van der Waals surface area contributed by atoms with Crippen LogP contribution in [-0.4, -0.2) is 15.2 Å². The van der Waals surface area contributed by atoms with Crippen LogP contribution < -0.4 is 4.74 Å². The van der Waals surface area contributed by atoms with Crippen molar-refractivity contribution in [2.24, 2.45) is 0 Å². The van der Waals surface area contributed by atoms with Crippen molar-refractivity contribution in [2.75, 3.05) is 0 Å². The summed E-state index contributed by atoms with van der Waals surface area (Å²) in [7, 11) is 0. The highest BCUT2D eigenvalue weighted by molar-refractivity contribution is 9.10. The lowest BCUT2D eigenvalue weighted by Gasteiger charge is -2.12. The van der Waals surface area contributed by atoms with Crippen molar-refractivity contribution in [3.63, 3.8) is 0 Å². The Morgan fingerprint density at radius 3 is 3.00 bits per heavy atom. The Hall–Kier alpha value is -1.40. The third-order valence-corrected chi connectivity index (χ3v) is 2.68. The van der Waals surface area contributed by atoms with Crippen LogP contribution in [0.4, 0.5) is 0 Å². The highest BCUT2D eigenvalue weighted by Gasteiger charge is 2.10. The molecule has 0 amide bonds. The zero-order valence-electron chi connectivity index (χ0n) is 9.13. The highest BCUT2D eigenvalue weighted by Crippen LogP contribution is 2.28. The van der Waals surface area contributed by atoms with E-state index in [1.807, 2.05) is 12.1 Å². The summed E-state index contributed by atoms with van der Waals surface area (Å²) in [6, 6.07) is 5.44. The summed E-state index contributed by atoms with van der Waals surface area (Å²) in [6.45, 7) is 1.89. The van der Waals surface area contributed by atoms with E-state index in [4.69, 9.17) is 4.74 Å². The average molecular weight is 299 g/mol. The Morgan fingerprint density at radius 1 is 1.53 bits per heavy atom. The van der Waals surface area contributed by atoms with Gasteiger partial charge in [0, 0.05) is 10.0 Å². The molecule has 0 spiro atoms. The Bertz CT molecular complexity index is 485. The molecule has 0 aliphatic carbocycles. The fourth-order valence-corrected chi connectivity index (χ4v) is 1.75. The normalized spacial score (nSPS) is 12.4. The number of ether oxygens (including phenoxy) is 1. The maximum atomic E-state index is 9.64. The molecule has 0 saturated carbocycles. The van der Waals surface area contributed by atoms with Crippen molar-refractivity contribution in [3.8, 4) is 5.75 Å². The number of nitrogens with zero attached hydrogens (tertiary/aromatic N) is 2. The Labute approximate surface area is 107 Å². The molecule has 1 unspecified atom stereocenters. The zero-order valence-corrected chi connectivity index (χ0v) is 10.7. The van der Waals surface area contributed by atoms with Crippen molar-refractivity contribution in [1.82, 2.24) is 10.1 Å². The van der Waals surface area contributed by atoms with E-state index in [0.717, 1.165) is 4.47 Å². The van der Waals surface area contributed by atoms with E-state index in [0.29, 0.717) is 17.1 Å². The molecule has 2 rings (SSSR count). The quantitative estimate of drug-likeness (QED) is 0.939. The summed E-state index contributed by atoms with van der Waals surface area (Å²) < 4.78 is 11.0. The number of aliphatic hydroxyl groups excluding tert-OH is 1. The summed E-state index contributed by atoms with van der Waals surface area (Å²) in [5.74, 6) is 1.07. The first-order valence-electron chi connectivity index (χ1n) is 5.02. The minimum Gasteiger partial charge on any atom is -0.485 e. The lowest BCUT2D eigenvalue weighted by molar-refractivity contribution is 0.189. The van der Waals surface area contributed by atoms with E-state index in [1.54, 1.807) is 13.0 Å². The molecule has 17 heavy (non-hydrogen) atoms. The second kappa shape index (κ2) is 5.29. The Kier molecular flexibility index (Phi) is 3.75. The van der Waals surface area contributed by atoms with Crippen LogP contribution >= 0.6 is 15.9 Å². The molecule has 0 radical (unpaired) electrons. The molecule has 1 N–H and O–H groups in total. The summed E-state index contributed by atoms with van der Waals surface area (Å²) in [6.07, 6.45) is 0.642. The van der Waals surface area contributed by atoms with Gasteiger partial charge in [-0.2, -0.15) is 4.98 Å². The van der Waals surface area contributed by atoms with E-state index in [9.17, 15) is 5.11 Å². The van der Waals surface area contributed by atoms with Crippen LogP contribution in [0.15, 0.2) is 33.6 Å². The van der Waals surface area contributed by atoms with E-state index in [2.05, 4.69) is 30.6 Å². The lowest BCUT2D eigenvalue weighted by Crippen LogP contribution is -2.02. The first-order valence-corrected chi connectivity index (χ1v) is 5.81. The number of hydrogen-bond donors (Lipinski definition) is 1. The van der Waals surface area contributed by atoms with Gasteiger partial charge in [-0.05, 0) is 25.1 Å². The van der Waals surface area contributed by atoms with Gasteiger partial charge in [-0.15, -0.1) is 0 Å². The van der Waals surface area contributed by atoms with Gasteiger partial charge in [0.15, 0.2) is 6.61 Å². The summed E-state index contributed by atoms with van der Waals surface area (Å²) in [4.78, 5) is 3.85. The monoisotopic (exact) mass is 298 g/mol. The number of aliphatic hydroxyl groups is 1.